The maximum absolute atomic E-state index is 6.23. The predicted octanol–water partition coefficient (Wildman–Crippen LogP) is 15.0. The maximum Gasteiger partial charge on any atom is 0.136 e. The van der Waals surface area contributed by atoms with Gasteiger partial charge in [0.05, 0.1) is 0 Å². The molecule has 0 spiro atoms. The summed E-state index contributed by atoms with van der Waals surface area (Å²) in [5, 5.41) is 7.07. The zero-order valence-corrected chi connectivity index (χ0v) is 30.3. The number of nitrogens with zero attached hydrogens (tertiary/aromatic N) is 1. The minimum absolute atomic E-state index is 0.915. The molecule has 262 valence electrons. The SMILES string of the molecule is C1=CCCC(C2=CC=C(N(c3ccc(-c4ccc5c(ccc6oc7ccccc7c65)c4)cc3)c3ccc(-c4cccc5oc6ccccc6c45)cc3)CC2)=C1. The molecule has 55 heavy (non-hydrogen) atoms. The fraction of sp³-hybridized carbons (Fsp3) is 0.0769. The van der Waals surface area contributed by atoms with Gasteiger partial charge in [0.25, 0.3) is 0 Å². The van der Waals surface area contributed by atoms with Crippen LogP contribution >= 0.6 is 0 Å². The van der Waals surface area contributed by atoms with E-state index in [4.69, 9.17) is 8.83 Å². The molecule has 0 bridgehead atoms. The van der Waals surface area contributed by atoms with Crippen LogP contribution in [0.15, 0.2) is 202 Å². The van der Waals surface area contributed by atoms with Gasteiger partial charge in [0.15, 0.2) is 0 Å². The quantitative estimate of drug-likeness (QED) is 0.172. The van der Waals surface area contributed by atoms with Crippen LogP contribution < -0.4 is 4.90 Å². The Bertz CT molecular complexity index is 3070. The maximum atomic E-state index is 6.23. The van der Waals surface area contributed by atoms with Gasteiger partial charge in [0.1, 0.15) is 22.3 Å². The molecule has 0 amide bonds. The molecule has 2 aliphatic rings. The van der Waals surface area contributed by atoms with Crippen molar-refractivity contribution >= 4 is 66.0 Å². The van der Waals surface area contributed by atoms with Crippen LogP contribution in [0.3, 0.4) is 0 Å². The Morgan fingerprint density at radius 3 is 1.80 bits per heavy atom. The van der Waals surface area contributed by atoms with Gasteiger partial charge >= 0.3 is 0 Å². The van der Waals surface area contributed by atoms with E-state index in [1.54, 1.807) is 0 Å². The highest BCUT2D eigenvalue weighted by Crippen LogP contribution is 2.41. The van der Waals surface area contributed by atoms with E-state index in [2.05, 4.69) is 157 Å². The van der Waals surface area contributed by atoms with Crippen LogP contribution in [0.1, 0.15) is 25.7 Å². The van der Waals surface area contributed by atoms with Crippen LogP contribution in [0.5, 0.6) is 0 Å². The highest BCUT2D eigenvalue weighted by atomic mass is 16.3. The molecule has 0 fully saturated rings. The molecule has 3 nitrogen and oxygen atoms in total. The number of furan rings is 2. The zero-order chi connectivity index (χ0) is 36.3. The van der Waals surface area contributed by atoms with Crippen molar-refractivity contribution in [3.05, 3.63) is 193 Å². The zero-order valence-electron chi connectivity index (χ0n) is 30.3. The number of hydrogen-bond donors (Lipinski definition) is 0. The van der Waals surface area contributed by atoms with E-state index in [9.17, 15) is 0 Å². The molecule has 0 unspecified atom stereocenters. The number of rotatable bonds is 6. The van der Waals surface area contributed by atoms with Gasteiger partial charge in [-0.2, -0.15) is 0 Å². The third kappa shape index (κ3) is 5.42. The van der Waals surface area contributed by atoms with Gasteiger partial charge in [-0.1, -0.05) is 115 Å². The second-order valence-corrected chi connectivity index (χ2v) is 14.7. The standard InChI is InChI=1S/C52H37NO2/c1-2-9-34(10-3-1)35-17-25-40(26-18-35)53(42-29-21-37(22-30-42)43-13-8-16-49-51(43)45-11-4-6-14-47(45)54-49)41-27-19-36(20-28-41)38-23-31-44-39(33-38)24-32-50-52(44)46-12-5-7-15-48(46)55-50/h1-2,4-9,11-17,19-25,27-33H,3,10,18,26H2. The summed E-state index contributed by atoms with van der Waals surface area (Å²) >= 11 is 0. The lowest BCUT2D eigenvalue weighted by Crippen LogP contribution is -2.18. The fourth-order valence-electron chi connectivity index (χ4n) is 8.77. The summed E-state index contributed by atoms with van der Waals surface area (Å²) in [4.78, 5) is 2.44. The lowest BCUT2D eigenvalue weighted by molar-refractivity contribution is 0.668. The van der Waals surface area contributed by atoms with Crippen LogP contribution in [-0.4, -0.2) is 0 Å². The summed E-state index contributed by atoms with van der Waals surface area (Å²) in [6, 6.07) is 52.2. The van der Waals surface area contributed by atoms with Crippen LogP contribution in [0, 0.1) is 0 Å². The molecule has 0 aliphatic heterocycles. The molecule has 2 aromatic heterocycles. The Morgan fingerprint density at radius 2 is 1.09 bits per heavy atom. The van der Waals surface area contributed by atoms with E-state index in [0.29, 0.717) is 0 Å². The Balaban J connectivity index is 0.970. The number of hydrogen-bond acceptors (Lipinski definition) is 3. The molecule has 0 radical (unpaired) electrons. The molecule has 9 aromatic rings. The second kappa shape index (κ2) is 12.9. The molecule has 2 aliphatic carbocycles. The molecule has 11 rings (SSSR count). The van der Waals surface area contributed by atoms with Crippen LogP contribution in [0.25, 0.3) is 76.9 Å². The van der Waals surface area contributed by atoms with Crippen molar-refractivity contribution in [3.8, 4) is 22.3 Å². The first-order valence-electron chi connectivity index (χ1n) is 19.3. The molecule has 0 atom stereocenters. The van der Waals surface area contributed by atoms with Crippen molar-refractivity contribution in [2.24, 2.45) is 0 Å². The fourth-order valence-corrected chi connectivity index (χ4v) is 8.77. The molecule has 0 saturated carbocycles. The van der Waals surface area contributed by atoms with Crippen molar-refractivity contribution in [1.29, 1.82) is 0 Å². The first-order chi connectivity index (χ1) is 27.2. The monoisotopic (exact) mass is 707 g/mol. The highest BCUT2D eigenvalue weighted by molar-refractivity contribution is 6.19. The van der Waals surface area contributed by atoms with E-state index in [1.165, 1.54) is 55.3 Å². The minimum atomic E-state index is 0.915. The highest BCUT2D eigenvalue weighted by Gasteiger charge is 2.20. The normalized spacial score (nSPS) is 14.5. The van der Waals surface area contributed by atoms with E-state index in [1.807, 2.05) is 24.3 Å². The van der Waals surface area contributed by atoms with Crippen molar-refractivity contribution in [1.82, 2.24) is 0 Å². The first kappa shape index (κ1) is 31.7. The molecular formula is C52H37NO2. The van der Waals surface area contributed by atoms with Crippen LogP contribution in [0.4, 0.5) is 11.4 Å². The first-order valence-corrected chi connectivity index (χ1v) is 19.3. The Hall–Kier alpha value is -6.84. The van der Waals surface area contributed by atoms with Gasteiger partial charge in [-0.05, 0) is 131 Å². The summed E-state index contributed by atoms with van der Waals surface area (Å²) in [6.45, 7) is 0. The van der Waals surface area contributed by atoms with Crippen molar-refractivity contribution in [2.45, 2.75) is 25.7 Å². The van der Waals surface area contributed by atoms with Crippen molar-refractivity contribution in [2.75, 3.05) is 4.90 Å². The van der Waals surface area contributed by atoms with E-state index >= 15 is 0 Å². The summed E-state index contributed by atoms with van der Waals surface area (Å²) in [5.74, 6) is 0. The molecular weight excluding hydrogens is 671 g/mol. The Labute approximate surface area is 319 Å². The average Bonchev–Trinajstić information content (AvgIpc) is 3.84. The number of anilines is 2. The van der Waals surface area contributed by atoms with Gasteiger partial charge in [-0.3, -0.25) is 0 Å². The Kier molecular flexibility index (Phi) is 7.44. The van der Waals surface area contributed by atoms with Crippen molar-refractivity contribution < 1.29 is 8.83 Å². The lowest BCUT2D eigenvalue weighted by atomic mass is 9.90. The number of fused-ring (bicyclic) bond motifs is 8. The molecule has 2 heterocycles. The number of allylic oxidation sites excluding steroid dienone is 8. The largest absolute Gasteiger partial charge is 0.456 e. The van der Waals surface area contributed by atoms with Crippen LogP contribution in [0.2, 0.25) is 0 Å². The molecule has 0 N–H and O–H groups in total. The van der Waals surface area contributed by atoms with E-state index < -0.39 is 0 Å². The van der Waals surface area contributed by atoms with Gasteiger partial charge in [-0.25, -0.2) is 0 Å². The Morgan fingerprint density at radius 1 is 0.436 bits per heavy atom. The third-order valence-electron chi connectivity index (χ3n) is 11.5. The smallest absolute Gasteiger partial charge is 0.136 e. The number of para-hydroxylation sites is 2. The molecule has 7 aromatic carbocycles. The number of benzene rings is 7. The van der Waals surface area contributed by atoms with Gasteiger partial charge in [0, 0.05) is 38.6 Å². The van der Waals surface area contributed by atoms with Gasteiger partial charge in [-0.15, -0.1) is 0 Å². The van der Waals surface area contributed by atoms with E-state index in [-0.39, 0.29) is 0 Å². The molecule has 0 saturated heterocycles. The summed E-state index contributed by atoms with van der Waals surface area (Å²) in [5.41, 5.74) is 14.9. The molecule has 3 heteroatoms. The topological polar surface area (TPSA) is 29.5 Å². The summed E-state index contributed by atoms with van der Waals surface area (Å²) in [7, 11) is 0. The predicted molar refractivity (Wildman–Crippen MR) is 230 cm³/mol. The van der Waals surface area contributed by atoms with Crippen LogP contribution in [-0.2, 0) is 0 Å². The second-order valence-electron chi connectivity index (χ2n) is 14.7. The van der Waals surface area contributed by atoms with E-state index in [0.717, 1.165) is 75.5 Å². The minimum Gasteiger partial charge on any atom is -0.456 e. The van der Waals surface area contributed by atoms with Crippen molar-refractivity contribution in [3.63, 3.8) is 0 Å². The summed E-state index contributed by atoms with van der Waals surface area (Å²) in [6.07, 6.45) is 15.7. The van der Waals surface area contributed by atoms with Gasteiger partial charge in [0.2, 0.25) is 0 Å². The third-order valence-corrected chi connectivity index (χ3v) is 11.5. The average molecular weight is 708 g/mol. The van der Waals surface area contributed by atoms with Gasteiger partial charge < -0.3 is 13.7 Å². The lowest BCUT2D eigenvalue weighted by Gasteiger charge is -2.30. The summed E-state index contributed by atoms with van der Waals surface area (Å²) < 4.78 is 12.4.